The van der Waals surface area contributed by atoms with Crippen LogP contribution in [0.2, 0.25) is 0 Å². The first-order valence-corrected chi connectivity index (χ1v) is 5.90. The molecule has 0 amide bonds. The van der Waals surface area contributed by atoms with Crippen LogP contribution in [0, 0.1) is 11.3 Å². The van der Waals surface area contributed by atoms with Crippen molar-refractivity contribution in [2.24, 2.45) is 5.10 Å². The van der Waals surface area contributed by atoms with Crippen LogP contribution in [0.3, 0.4) is 0 Å². The molecule has 4 nitrogen and oxygen atoms in total. The molecule has 5 heteroatoms. The number of nitrogens with zero attached hydrogens (tertiary/aromatic N) is 3. The summed E-state index contributed by atoms with van der Waals surface area (Å²) in [7, 11) is -0.811. The Morgan fingerprint density at radius 1 is 1.11 bits per heavy atom. The first-order valence-electron chi connectivity index (χ1n) is 5.90. The van der Waals surface area contributed by atoms with E-state index in [4.69, 9.17) is 5.26 Å². The van der Waals surface area contributed by atoms with Crippen molar-refractivity contribution < 1.29 is 5.02 Å². The van der Waals surface area contributed by atoms with Crippen molar-refractivity contribution >= 4 is 24.4 Å². The van der Waals surface area contributed by atoms with Gasteiger partial charge in [0.05, 0.1) is 17.8 Å². The minimum atomic E-state index is -0.811. The minimum absolute atomic E-state index is 0.583. The molecule has 0 bridgehead atoms. The van der Waals surface area contributed by atoms with Crippen LogP contribution >= 0.6 is 0 Å². The fraction of sp³-hybridized carbons (Fsp3) is 0. The number of hydrazone groups is 1. The Kier molecular flexibility index (Phi) is 2.78. The second-order valence-corrected chi connectivity index (χ2v) is 4.25. The molecule has 0 radical (unpaired) electrons. The Labute approximate surface area is 111 Å². The number of nitriles is 1. The van der Waals surface area contributed by atoms with Crippen molar-refractivity contribution in [1.29, 1.82) is 5.26 Å². The van der Waals surface area contributed by atoms with Crippen molar-refractivity contribution in [3.8, 4) is 6.07 Å². The molecular formula is C14H10BN3O. The number of anilines is 1. The molecule has 0 unspecified atom stereocenters. The van der Waals surface area contributed by atoms with Crippen LogP contribution in [-0.4, -0.2) is 18.3 Å². The van der Waals surface area contributed by atoms with Crippen LogP contribution in [0.5, 0.6) is 0 Å². The van der Waals surface area contributed by atoms with Crippen LogP contribution < -0.4 is 10.4 Å². The Balaban J connectivity index is 1.98. The highest BCUT2D eigenvalue weighted by molar-refractivity contribution is 6.71. The van der Waals surface area contributed by atoms with Crippen molar-refractivity contribution in [1.82, 2.24) is 0 Å². The summed E-state index contributed by atoms with van der Waals surface area (Å²) in [5, 5.41) is 23.4. The molecule has 0 saturated heterocycles. The lowest BCUT2D eigenvalue weighted by Crippen LogP contribution is -2.50. The third kappa shape index (κ3) is 1.98. The molecule has 1 heterocycles. The zero-order valence-corrected chi connectivity index (χ0v) is 10.1. The van der Waals surface area contributed by atoms with Crippen LogP contribution in [-0.2, 0) is 0 Å². The number of benzene rings is 2. The first kappa shape index (κ1) is 11.5. The van der Waals surface area contributed by atoms with E-state index in [1.54, 1.807) is 30.5 Å². The van der Waals surface area contributed by atoms with Crippen molar-refractivity contribution in [2.45, 2.75) is 0 Å². The number of hydrogen-bond donors (Lipinski definition) is 1. The molecule has 3 rings (SSSR count). The number of hydrogen-bond acceptors (Lipinski definition) is 4. The zero-order valence-electron chi connectivity index (χ0n) is 10.1. The molecule has 2 aromatic carbocycles. The van der Waals surface area contributed by atoms with Gasteiger partial charge in [-0.2, -0.15) is 10.4 Å². The van der Waals surface area contributed by atoms with Gasteiger partial charge in [-0.3, -0.25) is 4.92 Å². The van der Waals surface area contributed by atoms with Crippen LogP contribution in [0.1, 0.15) is 11.1 Å². The quantitative estimate of drug-likeness (QED) is 0.767. The molecule has 1 N–H and O–H groups in total. The van der Waals surface area contributed by atoms with Crippen molar-refractivity contribution in [2.75, 3.05) is 4.92 Å². The predicted octanol–water partition coefficient (Wildman–Crippen LogP) is 1.10. The van der Waals surface area contributed by atoms with Gasteiger partial charge in [0.1, 0.15) is 0 Å². The maximum Gasteiger partial charge on any atom is 0.471 e. The molecule has 0 spiro atoms. The average molecular weight is 247 g/mol. The lowest BCUT2D eigenvalue weighted by Gasteiger charge is -2.26. The molecule has 0 aliphatic carbocycles. The van der Waals surface area contributed by atoms with E-state index in [9.17, 15) is 5.02 Å². The Morgan fingerprint density at radius 3 is 2.58 bits per heavy atom. The molecule has 0 atom stereocenters. The fourth-order valence-electron chi connectivity index (χ4n) is 2.08. The second kappa shape index (κ2) is 4.60. The highest BCUT2D eigenvalue weighted by Crippen LogP contribution is 2.18. The summed E-state index contributed by atoms with van der Waals surface area (Å²) in [6.07, 6.45) is 1.72. The van der Waals surface area contributed by atoms with E-state index in [1.807, 2.05) is 24.3 Å². The topological polar surface area (TPSA) is 59.6 Å². The summed E-state index contributed by atoms with van der Waals surface area (Å²) in [6, 6.07) is 16.6. The lowest BCUT2D eigenvalue weighted by atomic mass is 9.69. The molecule has 0 aromatic heterocycles. The van der Waals surface area contributed by atoms with Gasteiger partial charge in [-0.05, 0) is 35.3 Å². The van der Waals surface area contributed by atoms with Gasteiger partial charge in [0.25, 0.3) is 0 Å². The van der Waals surface area contributed by atoms with Gasteiger partial charge >= 0.3 is 7.05 Å². The van der Waals surface area contributed by atoms with Gasteiger partial charge in [0.2, 0.25) is 0 Å². The number of fused-ring (bicyclic) bond motifs is 1. The molecule has 0 saturated carbocycles. The minimum Gasteiger partial charge on any atom is -0.427 e. The molecular weight excluding hydrogens is 237 g/mol. The lowest BCUT2D eigenvalue weighted by molar-refractivity contribution is 0.578. The summed E-state index contributed by atoms with van der Waals surface area (Å²) < 4.78 is 0. The summed E-state index contributed by atoms with van der Waals surface area (Å²) in [5.74, 6) is 0. The van der Waals surface area contributed by atoms with E-state index >= 15 is 0 Å². The highest BCUT2D eigenvalue weighted by Gasteiger charge is 2.29. The van der Waals surface area contributed by atoms with Gasteiger partial charge < -0.3 is 5.02 Å². The van der Waals surface area contributed by atoms with Gasteiger partial charge in [-0.25, -0.2) is 0 Å². The first-order chi connectivity index (χ1) is 9.29. The third-order valence-corrected chi connectivity index (χ3v) is 3.09. The van der Waals surface area contributed by atoms with Crippen LogP contribution in [0.25, 0.3) is 0 Å². The van der Waals surface area contributed by atoms with Crippen molar-refractivity contribution in [3.63, 3.8) is 0 Å². The Morgan fingerprint density at radius 2 is 1.84 bits per heavy atom. The Hall–Kier alpha value is -2.58. The molecule has 0 fully saturated rings. The molecule has 19 heavy (non-hydrogen) atoms. The number of rotatable bonds is 1. The second-order valence-electron chi connectivity index (χ2n) is 4.25. The summed E-state index contributed by atoms with van der Waals surface area (Å²) in [6.45, 7) is 0. The van der Waals surface area contributed by atoms with E-state index in [-0.39, 0.29) is 0 Å². The molecule has 1 aliphatic heterocycles. The van der Waals surface area contributed by atoms with E-state index in [1.165, 1.54) is 4.92 Å². The molecule has 2 aromatic rings. The summed E-state index contributed by atoms with van der Waals surface area (Å²) >= 11 is 0. The molecule has 1 aliphatic rings. The fourth-order valence-corrected chi connectivity index (χ4v) is 2.08. The van der Waals surface area contributed by atoms with Gasteiger partial charge in [-0.15, -0.1) is 0 Å². The Bertz CT molecular complexity index is 676. The smallest absolute Gasteiger partial charge is 0.427 e. The van der Waals surface area contributed by atoms with E-state index < -0.39 is 7.05 Å². The van der Waals surface area contributed by atoms with Gasteiger partial charge in [0.15, 0.2) is 0 Å². The van der Waals surface area contributed by atoms with E-state index in [0.29, 0.717) is 5.56 Å². The summed E-state index contributed by atoms with van der Waals surface area (Å²) in [5.41, 5.74) is 3.07. The third-order valence-electron chi connectivity index (χ3n) is 3.09. The monoisotopic (exact) mass is 247 g/mol. The average Bonchev–Trinajstić information content (AvgIpc) is 2.48. The summed E-state index contributed by atoms with van der Waals surface area (Å²) in [4.78, 5) is 1.53. The standard InChI is InChI=1S/C14H10BN3O/c16-9-11-5-7-13(8-6-11)18-15(19)14-4-2-1-3-12(14)10-17-18/h1-8,10,19H. The maximum atomic E-state index is 10.3. The van der Waals surface area contributed by atoms with E-state index in [0.717, 1.165) is 16.7 Å². The van der Waals surface area contributed by atoms with E-state index in [2.05, 4.69) is 11.2 Å². The maximum absolute atomic E-state index is 10.3. The highest BCUT2D eigenvalue weighted by atomic mass is 16.2. The molecule has 90 valence electrons. The van der Waals surface area contributed by atoms with Crippen LogP contribution in [0.4, 0.5) is 5.69 Å². The van der Waals surface area contributed by atoms with Gasteiger partial charge in [-0.1, -0.05) is 24.3 Å². The normalized spacial score (nSPS) is 13.1. The largest absolute Gasteiger partial charge is 0.471 e. The zero-order chi connectivity index (χ0) is 13.2. The van der Waals surface area contributed by atoms with Crippen molar-refractivity contribution in [3.05, 3.63) is 59.7 Å². The van der Waals surface area contributed by atoms with Crippen LogP contribution in [0.15, 0.2) is 53.6 Å². The van der Waals surface area contributed by atoms with Gasteiger partial charge in [0, 0.05) is 5.69 Å². The SMILES string of the molecule is N#Cc1ccc(N2N=Cc3ccccc3B2O)cc1. The predicted molar refractivity (Wildman–Crippen MR) is 75.3 cm³/mol.